The molecule has 4 heteroatoms. The van der Waals surface area contributed by atoms with E-state index < -0.39 is 11.6 Å². The Morgan fingerprint density at radius 3 is 2.50 bits per heavy atom. The first kappa shape index (κ1) is 11.1. The van der Waals surface area contributed by atoms with E-state index >= 15 is 0 Å². The topological polar surface area (TPSA) is 12.0 Å². The molecular weight excluding hydrogens is 228 g/mol. The Labute approximate surface area is 96.7 Å². The highest BCUT2D eigenvalue weighted by molar-refractivity contribution is 7.07. The lowest BCUT2D eigenvalue weighted by Gasteiger charge is -2.07. The molecule has 0 amide bonds. The summed E-state index contributed by atoms with van der Waals surface area (Å²) < 4.78 is 26.4. The molecule has 1 N–H and O–H groups in total. The largest absolute Gasteiger partial charge is 0.380 e. The second kappa shape index (κ2) is 5.07. The van der Waals surface area contributed by atoms with Gasteiger partial charge in [0.25, 0.3) is 0 Å². The summed E-state index contributed by atoms with van der Waals surface area (Å²) >= 11 is 1.62. The number of anilines is 1. The Kier molecular flexibility index (Phi) is 3.51. The van der Waals surface area contributed by atoms with E-state index in [-0.39, 0.29) is 5.69 Å². The van der Waals surface area contributed by atoms with E-state index in [0.29, 0.717) is 6.54 Å². The average Bonchev–Trinajstić information content (AvgIpc) is 2.75. The maximum atomic E-state index is 13.2. The molecule has 84 valence electrons. The van der Waals surface area contributed by atoms with Crippen molar-refractivity contribution in [1.29, 1.82) is 0 Å². The minimum atomic E-state index is -0.551. The molecule has 0 aliphatic rings. The lowest BCUT2D eigenvalue weighted by Crippen LogP contribution is -2.07. The molecule has 0 bridgehead atoms. The van der Waals surface area contributed by atoms with Crippen LogP contribution in [0.2, 0.25) is 0 Å². The Balaban J connectivity index is 1.95. The van der Waals surface area contributed by atoms with Crippen LogP contribution in [0.1, 0.15) is 5.56 Å². The van der Waals surface area contributed by atoms with Crippen LogP contribution < -0.4 is 5.32 Å². The molecule has 0 spiro atoms. The summed E-state index contributed by atoms with van der Waals surface area (Å²) in [5.41, 5.74) is 1.13. The lowest BCUT2D eigenvalue weighted by atomic mass is 10.2. The zero-order valence-corrected chi connectivity index (χ0v) is 9.36. The van der Waals surface area contributed by atoms with E-state index in [0.717, 1.165) is 6.42 Å². The van der Waals surface area contributed by atoms with Crippen molar-refractivity contribution >= 4 is 17.0 Å². The van der Waals surface area contributed by atoms with Crippen LogP contribution in [0.4, 0.5) is 14.5 Å². The van der Waals surface area contributed by atoms with Crippen LogP contribution in [0.3, 0.4) is 0 Å². The zero-order chi connectivity index (χ0) is 11.4. The molecule has 1 aromatic carbocycles. The van der Waals surface area contributed by atoms with E-state index in [4.69, 9.17) is 0 Å². The van der Waals surface area contributed by atoms with E-state index in [1.807, 2.05) is 16.8 Å². The first-order valence-corrected chi connectivity index (χ1v) is 5.90. The van der Waals surface area contributed by atoms with Crippen LogP contribution in [-0.4, -0.2) is 6.54 Å². The maximum absolute atomic E-state index is 13.2. The molecule has 0 radical (unpaired) electrons. The van der Waals surface area contributed by atoms with Gasteiger partial charge in [0, 0.05) is 6.54 Å². The number of rotatable bonds is 4. The number of thiophene rings is 1. The highest BCUT2D eigenvalue weighted by Gasteiger charge is 2.06. The maximum Gasteiger partial charge on any atom is 0.149 e. The lowest BCUT2D eigenvalue weighted by molar-refractivity contribution is 0.588. The van der Waals surface area contributed by atoms with Crippen molar-refractivity contribution in [3.05, 3.63) is 52.2 Å². The molecule has 2 aromatic rings. The fourth-order valence-corrected chi connectivity index (χ4v) is 2.14. The van der Waals surface area contributed by atoms with Gasteiger partial charge in [-0.25, -0.2) is 8.78 Å². The summed E-state index contributed by atoms with van der Waals surface area (Å²) in [6, 6.07) is 5.85. The summed E-state index contributed by atoms with van der Waals surface area (Å²) in [5, 5.41) is 6.79. The molecule has 0 saturated carbocycles. The fraction of sp³-hybridized carbons (Fsp3) is 0.167. The van der Waals surface area contributed by atoms with Gasteiger partial charge < -0.3 is 5.32 Å². The number of nitrogens with one attached hydrogen (secondary N) is 1. The van der Waals surface area contributed by atoms with Crippen molar-refractivity contribution in [3.8, 4) is 0 Å². The second-order valence-electron chi connectivity index (χ2n) is 3.41. The van der Waals surface area contributed by atoms with Gasteiger partial charge in [-0.2, -0.15) is 11.3 Å². The predicted octanol–water partition coefficient (Wildman–Crippen LogP) is 3.68. The van der Waals surface area contributed by atoms with Gasteiger partial charge in [-0.3, -0.25) is 0 Å². The molecule has 16 heavy (non-hydrogen) atoms. The smallest absolute Gasteiger partial charge is 0.149 e. The first-order chi connectivity index (χ1) is 7.77. The summed E-state index contributed by atoms with van der Waals surface area (Å²) in [5.74, 6) is -1.10. The van der Waals surface area contributed by atoms with Crippen LogP contribution >= 0.6 is 11.3 Å². The quantitative estimate of drug-likeness (QED) is 0.858. The monoisotopic (exact) mass is 239 g/mol. The summed E-state index contributed by atoms with van der Waals surface area (Å²) in [6.45, 7) is 0.522. The van der Waals surface area contributed by atoms with Gasteiger partial charge in [0.05, 0.1) is 0 Å². The van der Waals surface area contributed by atoms with E-state index in [1.54, 1.807) is 11.3 Å². The third-order valence-electron chi connectivity index (χ3n) is 2.26. The molecule has 0 atom stereocenters. The zero-order valence-electron chi connectivity index (χ0n) is 8.54. The van der Waals surface area contributed by atoms with Gasteiger partial charge in [-0.05, 0) is 40.9 Å². The normalized spacial score (nSPS) is 10.4. The van der Waals surface area contributed by atoms with E-state index in [9.17, 15) is 8.78 Å². The number of hydrogen-bond acceptors (Lipinski definition) is 2. The molecule has 2 rings (SSSR count). The molecule has 0 unspecified atom stereocenters. The van der Waals surface area contributed by atoms with Crippen molar-refractivity contribution in [2.75, 3.05) is 11.9 Å². The predicted molar refractivity (Wildman–Crippen MR) is 62.9 cm³/mol. The van der Waals surface area contributed by atoms with Crippen LogP contribution in [0.25, 0.3) is 0 Å². The average molecular weight is 239 g/mol. The van der Waals surface area contributed by atoms with Gasteiger partial charge >= 0.3 is 0 Å². The summed E-state index contributed by atoms with van der Waals surface area (Å²) in [6.07, 6.45) is 0.761. The van der Waals surface area contributed by atoms with E-state index in [2.05, 4.69) is 5.32 Å². The van der Waals surface area contributed by atoms with Crippen molar-refractivity contribution in [2.24, 2.45) is 0 Å². The Hall–Kier alpha value is -1.42. The first-order valence-electron chi connectivity index (χ1n) is 4.96. The molecule has 0 fully saturated rings. The molecule has 1 nitrogen and oxygen atoms in total. The second-order valence-corrected chi connectivity index (χ2v) is 4.19. The van der Waals surface area contributed by atoms with Gasteiger partial charge in [-0.1, -0.05) is 6.07 Å². The SMILES string of the molecule is Fc1cccc(F)c1NCCc1ccsc1. The minimum absolute atomic E-state index is 0.0438. The molecule has 1 aromatic heterocycles. The van der Waals surface area contributed by atoms with Crippen molar-refractivity contribution < 1.29 is 8.78 Å². The number of hydrogen-bond donors (Lipinski definition) is 1. The minimum Gasteiger partial charge on any atom is -0.380 e. The van der Waals surface area contributed by atoms with Gasteiger partial charge in [-0.15, -0.1) is 0 Å². The van der Waals surface area contributed by atoms with Crippen molar-refractivity contribution in [2.45, 2.75) is 6.42 Å². The van der Waals surface area contributed by atoms with Crippen LogP contribution in [0, 0.1) is 11.6 Å². The Morgan fingerprint density at radius 1 is 1.12 bits per heavy atom. The van der Waals surface area contributed by atoms with Crippen molar-refractivity contribution in [3.63, 3.8) is 0 Å². The summed E-state index contributed by atoms with van der Waals surface area (Å²) in [7, 11) is 0. The van der Waals surface area contributed by atoms with Crippen molar-refractivity contribution in [1.82, 2.24) is 0 Å². The molecule has 0 aliphatic heterocycles. The molecular formula is C12H11F2NS. The van der Waals surface area contributed by atoms with Crippen LogP contribution in [-0.2, 0) is 6.42 Å². The molecule has 1 heterocycles. The standard InChI is InChI=1S/C12H11F2NS/c13-10-2-1-3-11(14)12(10)15-6-4-9-5-7-16-8-9/h1-3,5,7-8,15H,4,6H2. The molecule has 0 aliphatic carbocycles. The summed E-state index contributed by atoms with van der Waals surface area (Å²) in [4.78, 5) is 0. The van der Waals surface area contributed by atoms with Crippen LogP contribution in [0.15, 0.2) is 35.0 Å². The molecule has 0 saturated heterocycles. The third kappa shape index (κ3) is 2.58. The van der Waals surface area contributed by atoms with E-state index in [1.165, 1.54) is 23.8 Å². The van der Waals surface area contributed by atoms with Gasteiger partial charge in [0.2, 0.25) is 0 Å². The highest BCUT2D eigenvalue weighted by Crippen LogP contribution is 2.18. The highest BCUT2D eigenvalue weighted by atomic mass is 32.1. The van der Waals surface area contributed by atoms with Gasteiger partial charge in [0.1, 0.15) is 17.3 Å². The Bertz CT molecular complexity index is 434. The number of halogens is 2. The third-order valence-corrected chi connectivity index (χ3v) is 2.99. The van der Waals surface area contributed by atoms with Crippen LogP contribution in [0.5, 0.6) is 0 Å². The fourth-order valence-electron chi connectivity index (χ4n) is 1.43. The number of para-hydroxylation sites is 1. The number of benzene rings is 1. The Morgan fingerprint density at radius 2 is 1.88 bits per heavy atom. The van der Waals surface area contributed by atoms with Gasteiger partial charge in [0.15, 0.2) is 0 Å².